The summed E-state index contributed by atoms with van der Waals surface area (Å²) < 4.78 is 53.1. The maximum absolute atomic E-state index is 12.8. The Morgan fingerprint density at radius 1 is 1.16 bits per heavy atom. The third-order valence-electron chi connectivity index (χ3n) is 4.51. The van der Waals surface area contributed by atoms with E-state index in [1.807, 2.05) is 0 Å². The second kappa shape index (κ2) is 7.90. The van der Waals surface area contributed by atoms with Crippen molar-refractivity contribution in [3.63, 3.8) is 0 Å². The van der Waals surface area contributed by atoms with Gasteiger partial charge < -0.3 is 10.7 Å². The number of nitrogens with one attached hydrogen (secondary N) is 2. The Morgan fingerprint density at radius 2 is 1.97 bits per heavy atom. The minimum Gasteiger partial charge on any atom is -0.360 e. The van der Waals surface area contributed by atoms with Gasteiger partial charge in [0.15, 0.2) is 12.5 Å². The molecule has 0 amide bonds. The molecule has 31 heavy (non-hydrogen) atoms. The van der Waals surface area contributed by atoms with Crippen molar-refractivity contribution in [3.05, 3.63) is 42.2 Å². The summed E-state index contributed by atoms with van der Waals surface area (Å²) >= 11 is 0. The lowest BCUT2D eigenvalue weighted by Gasteiger charge is -2.17. The molecule has 14 heteroatoms. The van der Waals surface area contributed by atoms with E-state index in [1.165, 1.54) is 18.3 Å². The van der Waals surface area contributed by atoms with Gasteiger partial charge >= 0.3 is 0 Å². The summed E-state index contributed by atoms with van der Waals surface area (Å²) in [6.07, 6.45) is 3.25. The molecule has 1 aromatic carbocycles. The fourth-order valence-corrected chi connectivity index (χ4v) is 5.88. The van der Waals surface area contributed by atoms with Crippen molar-refractivity contribution >= 4 is 36.9 Å². The van der Waals surface area contributed by atoms with Crippen molar-refractivity contribution in [2.45, 2.75) is 9.79 Å². The number of aromatic nitrogens is 2. The average molecular weight is 463 g/mol. The molecule has 0 radical (unpaired) electrons. The first kappa shape index (κ1) is 21.2. The van der Waals surface area contributed by atoms with Crippen LogP contribution in [0, 0.1) is 0 Å². The van der Waals surface area contributed by atoms with Gasteiger partial charge in [0.05, 0.1) is 16.6 Å². The highest BCUT2D eigenvalue weighted by atomic mass is 32.2. The van der Waals surface area contributed by atoms with E-state index in [0.29, 0.717) is 22.2 Å². The highest BCUT2D eigenvalue weighted by Gasteiger charge is 2.32. The quantitative estimate of drug-likeness (QED) is 0.389. The van der Waals surface area contributed by atoms with E-state index >= 15 is 0 Å². The Labute approximate surface area is 177 Å². The van der Waals surface area contributed by atoms with Crippen LogP contribution in [0.4, 0.5) is 0 Å². The largest absolute Gasteiger partial charge is 0.360 e. The Hall–Kier alpha value is -3.04. The van der Waals surface area contributed by atoms with E-state index in [1.54, 1.807) is 18.3 Å². The molecule has 12 nitrogen and oxygen atoms in total. The molecule has 1 aliphatic rings. The van der Waals surface area contributed by atoms with Gasteiger partial charge in [0.2, 0.25) is 20.0 Å². The number of hydrogen-bond donors (Lipinski definition) is 4. The minimum absolute atomic E-state index is 0.0187. The summed E-state index contributed by atoms with van der Waals surface area (Å²) in [6, 6.07) is 6.16. The Morgan fingerprint density at radius 3 is 2.65 bits per heavy atom. The number of H-pyrrole nitrogens is 1. The van der Waals surface area contributed by atoms with Crippen molar-refractivity contribution < 1.29 is 16.8 Å². The van der Waals surface area contributed by atoms with E-state index in [9.17, 15) is 16.8 Å². The first-order valence-corrected chi connectivity index (χ1v) is 12.0. The van der Waals surface area contributed by atoms with Crippen LogP contribution in [0.15, 0.2) is 61.7 Å². The maximum atomic E-state index is 12.8. The number of nitrogens with two attached hydrogens (primary N) is 2. The van der Waals surface area contributed by atoms with Gasteiger partial charge in [-0.3, -0.25) is 4.98 Å². The predicted octanol–water partition coefficient (Wildman–Crippen LogP) is 0.284. The van der Waals surface area contributed by atoms with Crippen LogP contribution in [0.25, 0.3) is 22.2 Å². The molecular weight excluding hydrogens is 444 g/mol. The molecule has 0 aliphatic carbocycles. The van der Waals surface area contributed by atoms with Crippen LogP contribution in [0.1, 0.15) is 5.56 Å². The van der Waals surface area contributed by atoms with Crippen molar-refractivity contribution in [1.29, 1.82) is 0 Å². The lowest BCUT2D eigenvalue weighted by atomic mass is 10.00. The topological polar surface area (TPSA) is 198 Å². The number of pyridine rings is 1. The maximum Gasteiger partial charge on any atom is 0.241 e. The lowest BCUT2D eigenvalue weighted by molar-refractivity contribution is 0.573. The number of aromatic amines is 1. The van der Waals surface area contributed by atoms with Gasteiger partial charge in [-0.1, -0.05) is 6.07 Å². The number of azo groups is 1. The van der Waals surface area contributed by atoms with Gasteiger partial charge in [-0.15, -0.1) is 5.11 Å². The van der Waals surface area contributed by atoms with Crippen molar-refractivity contribution in [3.8, 4) is 11.1 Å². The number of aliphatic imine (C=N–C) groups is 1. The first-order valence-electron chi connectivity index (χ1n) is 8.98. The summed E-state index contributed by atoms with van der Waals surface area (Å²) in [5, 5.41) is 13.1. The zero-order valence-electron chi connectivity index (χ0n) is 16.0. The van der Waals surface area contributed by atoms with Crippen LogP contribution in [-0.4, -0.2) is 52.4 Å². The number of nitrogens with zero attached hydrogens (tertiary/aromatic N) is 4. The summed E-state index contributed by atoms with van der Waals surface area (Å²) in [7, 11) is -8.78. The third kappa shape index (κ3) is 3.98. The van der Waals surface area contributed by atoms with Crippen LogP contribution >= 0.6 is 0 Å². The number of benzene rings is 1. The van der Waals surface area contributed by atoms with Gasteiger partial charge in [0.1, 0.15) is 9.79 Å². The molecule has 0 saturated carbocycles. The van der Waals surface area contributed by atoms with Crippen molar-refractivity contribution in [1.82, 2.24) is 14.7 Å². The SMILES string of the molecule is NCCNS(=O)(=O)c1ccc(-c2cnc3cc[nH]c3c2)c(C2=NCN=N2)c1S(N)(=O)=O. The van der Waals surface area contributed by atoms with Crippen molar-refractivity contribution in [2.24, 2.45) is 26.1 Å². The smallest absolute Gasteiger partial charge is 0.241 e. The van der Waals surface area contributed by atoms with E-state index in [4.69, 9.17) is 10.9 Å². The zero-order valence-corrected chi connectivity index (χ0v) is 17.6. The zero-order chi connectivity index (χ0) is 22.2. The van der Waals surface area contributed by atoms with Gasteiger partial charge in [-0.25, -0.2) is 31.7 Å². The number of fused-ring (bicyclic) bond motifs is 1. The van der Waals surface area contributed by atoms with Gasteiger partial charge in [-0.05, 0) is 23.8 Å². The van der Waals surface area contributed by atoms with Crippen LogP contribution < -0.4 is 15.6 Å². The van der Waals surface area contributed by atoms with E-state index < -0.39 is 29.8 Å². The van der Waals surface area contributed by atoms with Crippen LogP contribution in [0.5, 0.6) is 0 Å². The van der Waals surface area contributed by atoms with Crippen LogP contribution in [0.2, 0.25) is 0 Å². The molecule has 4 rings (SSSR count). The second-order valence-electron chi connectivity index (χ2n) is 6.55. The summed E-state index contributed by atoms with van der Waals surface area (Å²) in [5.41, 5.74) is 7.58. The van der Waals surface area contributed by atoms with Gasteiger partial charge in [0.25, 0.3) is 0 Å². The molecule has 3 aromatic rings. The highest BCUT2D eigenvalue weighted by Crippen LogP contribution is 2.35. The van der Waals surface area contributed by atoms with E-state index in [-0.39, 0.29) is 31.2 Å². The minimum atomic E-state index is -4.53. The van der Waals surface area contributed by atoms with E-state index in [0.717, 1.165) is 0 Å². The Kier molecular flexibility index (Phi) is 5.40. The molecule has 2 aromatic heterocycles. The molecule has 0 bridgehead atoms. The lowest BCUT2D eigenvalue weighted by Crippen LogP contribution is -2.31. The fourth-order valence-electron chi connectivity index (χ4n) is 3.23. The molecule has 1 aliphatic heterocycles. The molecule has 0 spiro atoms. The molecule has 3 heterocycles. The van der Waals surface area contributed by atoms with Crippen molar-refractivity contribution in [2.75, 3.05) is 19.8 Å². The number of amidine groups is 1. The molecular formula is C17H18N8O4S2. The predicted molar refractivity (Wildman–Crippen MR) is 113 cm³/mol. The second-order valence-corrected chi connectivity index (χ2v) is 9.78. The van der Waals surface area contributed by atoms with Gasteiger partial charge in [-0.2, -0.15) is 5.11 Å². The monoisotopic (exact) mass is 462 g/mol. The number of primary sulfonamides is 1. The van der Waals surface area contributed by atoms with Gasteiger partial charge in [0, 0.05) is 31.0 Å². The summed E-state index contributed by atoms with van der Waals surface area (Å²) in [4.78, 5) is 10.3. The number of sulfonamides is 2. The standard InChI is InChI=1S/C17H18N8O4S2/c18-4-6-24-31(28,29)14-2-1-11(10-7-13-12(21-8-10)3-5-20-13)15(16(14)30(19,26)27)17-22-9-23-25-17/h1-3,5,7-8,20,24H,4,6,9,18H2,(H2,19,26,27). The normalized spacial score (nSPS) is 14.3. The third-order valence-corrected chi connectivity index (χ3v) is 7.14. The molecule has 0 fully saturated rings. The Balaban J connectivity index is 2.06. The molecule has 6 N–H and O–H groups in total. The highest BCUT2D eigenvalue weighted by molar-refractivity contribution is 7.92. The number of hydrogen-bond acceptors (Lipinski definition) is 9. The summed E-state index contributed by atoms with van der Waals surface area (Å²) in [6.45, 7) is -0.0790. The van der Waals surface area contributed by atoms with Crippen LogP contribution in [-0.2, 0) is 20.0 Å². The average Bonchev–Trinajstić information content (AvgIpc) is 3.41. The molecule has 0 unspecified atom stereocenters. The summed E-state index contributed by atoms with van der Waals surface area (Å²) in [5.74, 6) is -0.0403. The Bertz CT molecular complexity index is 1440. The fraction of sp³-hybridized carbons (Fsp3) is 0.176. The number of rotatable bonds is 7. The van der Waals surface area contributed by atoms with Crippen LogP contribution in [0.3, 0.4) is 0 Å². The molecule has 0 atom stereocenters. The molecule has 162 valence electrons. The molecule has 0 saturated heterocycles. The van der Waals surface area contributed by atoms with E-state index in [2.05, 4.69) is 29.9 Å². The first-order chi connectivity index (χ1) is 14.7.